The van der Waals surface area contributed by atoms with Gasteiger partial charge in [-0.3, -0.25) is 9.80 Å². The molecule has 12 saturated carbocycles. The minimum absolute atomic E-state index is 0.879. The van der Waals surface area contributed by atoms with Gasteiger partial charge in [-0.25, -0.2) is 0 Å². The van der Waals surface area contributed by atoms with Crippen LogP contribution in [0, 0.1) is 118 Å². The van der Waals surface area contributed by atoms with Crippen LogP contribution in [0.5, 0.6) is 0 Å². The van der Waals surface area contributed by atoms with Gasteiger partial charge in [0.15, 0.2) is 0 Å². The van der Waals surface area contributed by atoms with Gasteiger partial charge in [-0.1, -0.05) is 170 Å². The van der Waals surface area contributed by atoms with Crippen LogP contribution >= 0.6 is 0 Å². The van der Waals surface area contributed by atoms with Gasteiger partial charge in [0, 0.05) is 36.3 Å². The van der Waals surface area contributed by atoms with Gasteiger partial charge in [0.05, 0.1) is 0 Å². The van der Waals surface area contributed by atoms with E-state index >= 15 is 0 Å². The first kappa shape index (κ1) is 66.0. The van der Waals surface area contributed by atoms with Crippen molar-refractivity contribution < 1.29 is 0 Å². The summed E-state index contributed by atoms with van der Waals surface area (Å²) in [7, 11) is 0. The minimum atomic E-state index is 0.879. The highest BCUT2D eigenvalue weighted by atomic mass is 15.2. The zero-order valence-electron chi connectivity index (χ0n) is 58.7. The maximum Gasteiger partial charge on any atom is 0.0135 e. The van der Waals surface area contributed by atoms with Crippen LogP contribution in [0.2, 0.25) is 0 Å². The molecular formula is C84H148N2. The second-order valence-corrected chi connectivity index (χ2v) is 36.5. The lowest BCUT2D eigenvalue weighted by molar-refractivity contribution is -0.190. The Bertz CT molecular complexity index is 1880. The molecule has 2 heteroatoms. The van der Waals surface area contributed by atoms with Crippen molar-refractivity contribution in [3.05, 3.63) is 0 Å². The van der Waals surface area contributed by atoms with E-state index in [0.717, 1.165) is 155 Å². The van der Waals surface area contributed by atoms with Crippen molar-refractivity contribution in [2.24, 2.45) is 118 Å². The van der Waals surface area contributed by atoms with Crippen molar-refractivity contribution in [2.75, 3.05) is 0 Å². The molecule has 0 aromatic carbocycles. The van der Waals surface area contributed by atoms with Crippen molar-refractivity contribution >= 4 is 0 Å². The monoisotopic (exact) mass is 1190 g/mol. The van der Waals surface area contributed by atoms with Gasteiger partial charge in [0.25, 0.3) is 0 Å². The normalized spacial score (nSPS) is 46.0. The molecule has 86 heavy (non-hydrogen) atoms. The SMILES string of the molecule is CCCCCCCCC1CCC(C2CC(N(C3CCC(C)CC3)C3CCC(CCCCCCCC)CC3)C3CCC4C(C5CCC(C6CCC(C)CC6)CC5)CC(N(C5CCC(C)CC5)C5CCC(C6CCC(C)CC6)CC5)C5CCC2C3C45)CC1. The van der Waals surface area contributed by atoms with E-state index in [1.54, 1.807) is 180 Å². The van der Waals surface area contributed by atoms with E-state index in [-0.39, 0.29) is 0 Å². The fourth-order valence-corrected chi connectivity index (χ4v) is 26.5. The third kappa shape index (κ3) is 16.0. The topological polar surface area (TPSA) is 6.48 Å². The first-order chi connectivity index (χ1) is 42.2. The molecule has 0 aromatic rings. The van der Waals surface area contributed by atoms with E-state index in [0.29, 0.717) is 0 Å². The summed E-state index contributed by atoms with van der Waals surface area (Å²) in [6, 6.07) is 5.31. The number of nitrogens with zero attached hydrogens (tertiary/aromatic N) is 2. The smallest absolute Gasteiger partial charge is 0.0135 e. The quantitative estimate of drug-likeness (QED) is 0.0889. The van der Waals surface area contributed by atoms with E-state index in [2.05, 4.69) is 51.3 Å². The van der Waals surface area contributed by atoms with Crippen LogP contribution in [0.3, 0.4) is 0 Å². The summed E-state index contributed by atoms with van der Waals surface area (Å²) >= 11 is 0. The summed E-state index contributed by atoms with van der Waals surface area (Å²) in [4.78, 5) is 7.24. The van der Waals surface area contributed by atoms with E-state index in [1.165, 1.54) is 154 Å². The highest BCUT2D eigenvalue weighted by Crippen LogP contribution is 2.67. The highest BCUT2D eigenvalue weighted by molar-refractivity contribution is 5.14. The van der Waals surface area contributed by atoms with E-state index in [4.69, 9.17) is 0 Å². The van der Waals surface area contributed by atoms with Crippen LogP contribution in [0.1, 0.15) is 375 Å². The maximum atomic E-state index is 3.62. The molecular weight excluding hydrogens is 1040 g/mol. The Morgan fingerprint density at radius 3 is 0.860 bits per heavy atom. The molecule has 0 radical (unpaired) electrons. The van der Waals surface area contributed by atoms with E-state index in [9.17, 15) is 0 Å². The standard InChI is InChI=1S/C84H148N2/c1-7-9-11-13-15-17-19-63-29-37-69(38-30-63)79-57-81(85(71-45-25-61(5)26-46-71)73-49-31-64(32-50-73)20-18-16-14-12-10-8-2)77-56-54-76-80(70-41-39-67(40-42-70)65-33-21-59(3)22-34-65)58-82(78-55-53-75(79)83(77)84(76)78)86(72-47-27-62(6)28-48-72)74-51-43-68(44-52-74)66-35-23-60(4)24-36-66/h59-84H,7-58H2,1-6H3. The van der Waals surface area contributed by atoms with Crippen molar-refractivity contribution in [2.45, 2.75) is 412 Å². The number of rotatable bonds is 24. The molecule has 0 N–H and O–H groups in total. The molecule has 0 saturated heterocycles. The van der Waals surface area contributed by atoms with Crippen LogP contribution in [0.4, 0.5) is 0 Å². The Morgan fingerprint density at radius 1 is 0.233 bits per heavy atom. The van der Waals surface area contributed by atoms with Crippen LogP contribution in [0.25, 0.3) is 0 Å². The third-order valence-corrected chi connectivity index (χ3v) is 31.5. The van der Waals surface area contributed by atoms with Crippen LogP contribution in [-0.2, 0) is 0 Å². The summed E-state index contributed by atoms with van der Waals surface area (Å²) in [6.07, 6.45) is 80.5. The molecule has 494 valence electrons. The second kappa shape index (κ2) is 32.4. The lowest BCUT2D eigenvalue weighted by Crippen LogP contribution is -2.67. The predicted octanol–water partition coefficient (Wildman–Crippen LogP) is 24.7. The molecule has 0 amide bonds. The molecule has 12 aliphatic carbocycles. The molecule has 12 aliphatic rings. The molecule has 12 fully saturated rings. The van der Waals surface area contributed by atoms with Crippen molar-refractivity contribution in [3.63, 3.8) is 0 Å². The van der Waals surface area contributed by atoms with Crippen molar-refractivity contribution in [1.82, 2.24) is 9.80 Å². The Kier molecular flexibility index (Phi) is 24.8. The Balaban J connectivity index is 0.863. The fourth-order valence-electron chi connectivity index (χ4n) is 26.5. The van der Waals surface area contributed by atoms with Gasteiger partial charge in [0.1, 0.15) is 0 Å². The van der Waals surface area contributed by atoms with Gasteiger partial charge < -0.3 is 0 Å². The number of hydrogen-bond acceptors (Lipinski definition) is 2. The van der Waals surface area contributed by atoms with Crippen LogP contribution in [0.15, 0.2) is 0 Å². The molecule has 0 bridgehead atoms. The lowest BCUT2D eigenvalue weighted by Gasteiger charge is -2.68. The summed E-state index contributed by atoms with van der Waals surface area (Å²) in [5.41, 5.74) is 0. The average molecular weight is 1190 g/mol. The Morgan fingerprint density at radius 2 is 0.488 bits per heavy atom. The van der Waals surface area contributed by atoms with E-state index in [1.807, 2.05) is 0 Å². The zero-order valence-corrected chi connectivity index (χ0v) is 58.7. The summed E-state index contributed by atoms with van der Waals surface area (Å²) in [5, 5.41) is 0. The summed E-state index contributed by atoms with van der Waals surface area (Å²) in [6.45, 7) is 15.2. The summed E-state index contributed by atoms with van der Waals surface area (Å²) in [5.74, 6) is 20.4. The second-order valence-electron chi connectivity index (χ2n) is 36.5. The van der Waals surface area contributed by atoms with Gasteiger partial charge in [-0.05, 0) is 324 Å². The highest BCUT2D eigenvalue weighted by Gasteiger charge is 2.63. The minimum Gasteiger partial charge on any atom is -0.294 e. The maximum absolute atomic E-state index is 3.62. The van der Waals surface area contributed by atoms with Crippen molar-refractivity contribution in [3.8, 4) is 0 Å². The molecule has 0 aromatic heterocycles. The predicted molar refractivity (Wildman–Crippen MR) is 370 cm³/mol. The van der Waals surface area contributed by atoms with Crippen molar-refractivity contribution in [1.29, 1.82) is 0 Å². The van der Waals surface area contributed by atoms with Crippen LogP contribution in [-0.4, -0.2) is 46.1 Å². The van der Waals surface area contributed by atoms with E-state index < -0.39 is 0 Å². The first-order valence-corrected chi connectivity index (χ1v) is 41.8. The average Bonchev–Trinajstić information content (AvgIpc) is 0.733. The molecule has 10 atom stereocenters. The molecule has 10 unspecified atom stereocenters. The lowest BCUT2D eigenvalue weighted by atomic mass is 9.41. The molecule has 2 nitrogen and oxygen atoms in total. The third-order valence-electron chi connectivity index (χ3n) is 31.5. The fraction of sp³-hybridized carbons (Fsp3) is 1.00. The van der Waals surface area contributed by atoms with Gasteiger partial charge in [0.2, 0.25) is 0 Å². The zero-order chi connectivity index (χ0) is 58.9. The van der Waals surface area contributed by atoms with Gasteiger partial charge in [-0.2, -0.15) is 0 Å². The largest absolute Gasteiger partial charge is 0.294 e. The molecule has 12 rings (SSSR count). The van der Waals surface area contributed by atoms with Gasteiger partial charge in [-0.15, -0.1) is 0 Å². The summed E-state index contributed by atoms with van der Waals surface area (Å²) < 4.78 is 0. The molecule has 0 heterocycles. The number of hydrogen-bond donors (Lipinski definition) is 0. The first-order valence-electron chi connectivity index (χ1n) is 41.8. The Hall–Kier alpha value is -0.0800. The number of unbranched alkanes of at least 4 members (excludes halogenated alkanes) is 10. The molecule has 0 spiro atoms. The van der Waals surface area contributed by atoms with Gasteiger partial charge >= 0.3 is 0 Å². The molecule has 0 aliphatic heterocycles. The Labute approximate surface area is 536 Å². The van der Waals surface area contributed by atoms with Crippen LogP contribution < -0.4 is 0 Å².